The lowest BCUT2D eigenvalue weighted by molar-refractivity contribution is -0.118. The van der Waals surface area contributed by atoms with E-state index in [1.54, 1.807) is 25.2 Å². The van der Waals surface area contributed by atoms with E-state index in [4.69, 9.17) is 14.9 Å². The summed E-state index contributed by atoms with van der Waals surface area (Å²) in [7, 11) is 3.13. The van der Waals surface area contributed by atoms with Gasteiger partial charge in [-0.05, 0) is 12.1 Å². The van der Waals surface area contributed by atoms with Crippen molar-refractivity contribution in [3.05, 3.63) is 28.7 Å². The average molecular weight is 316 g/mol. The molecule has 21 heavy (non-hydrogen) atoms. The van der Waals surface area contributed by atoms with Crippen LogP contribution in [0, 0.1) is 0 Å². The Hall–Kier alpha value is -1.83. The minimum Gasteiger partial charge on any atom is -0.408 e. The molecule has 2 aromatic rings. The number of nitrogens with zero attached hydrogens (tertiary/aromatic N) is 1. The second kappa shape index (κ2) is 7.26. The Bertz CT molecular complexity index is 676. The number of aryl methyl sites for hydroxylation is 1. The van der Waals surface area contributed by atoms with E-state index in [0.717, 1.165) is 0 Å². The van der Waals surface area contributed by atoms with Gasteiger partial charge in [-0.1, -0.05) is 0 Å². The molecule has 1 unspecified atom stereocenters. The molecule has 0 fully saturated rings. The van der Waals surface area contributed by atoms with Gasteiger partial charge in [0.15, 0.2) is 5.58 Å². The number of rotatable bonds is 5. The maximum Gasteiger partial charge on any atom is 0.419 e. The third kappa shape index (κ3) is 3.84. The van der Waals surface area contributed by atoms with Crippen molar-refractivity contribution in [2.24, 2.45) is 12.8 Å². The van der Waals surface area contributed by atoms with Gasteiger partial charge in [-0.2, -0.15) is 0 Å². The smallest absolute Gasteiger partial charge is 0.408 e. The Morgan fingerprint density at radius 1 is 1.52 bits per heavy atom. The number of nitrogens with two attached hydrogens (primary N) is 1. The molecule has 1 atom stereocenters. The first-order chi connectivity index (χ1) is 9.55. The van der Waals surface area contributed by atoms with Gasteiger partial charge in [-0.25, -0.2) is 4.79 Å². The highest BCUT2D eigenvalue weighted by atomic mass is 35.5. The summed E-state index contributed by atoms with van der Waals surface area (Å²) in [5, 5.41) is 2.72. The molecule has 1 aromatic heterocycles. The molecule has 2 rings (SSSR count). The second-order valence-electron chi connectivity index (χ2n) is 4.46. The van der Waals surface area contributed by atoms with Gasteiger partial charge in [-0.3, -0.25) is 9.36 Å². The van der Waals surface area contributed by atoms with Crippen molar-refractivity contribution in [2.75, 3.05) is 19.0 Å². The van der Waals surface area contributed by atoms with Crippen LogP contribution >= 0.6 is 12.4 Å². The van der Waals surface area contributed by atoms with Crippen LogP contribution in [0.1, 0.15) is 6.42 Å². The fourth-order valence-electron chi connectivity index (χ4n) is 1.89. The van der Waals surface area contributed by atoms with Crippen LogP contribution in [0.3, 0.4) is 0 Å². The van der Waals surface area contributed by atoms with Crippen molar-refractivity contribution < 1.29 is 13.9 Å². The number of ether oxygens (including phenoxy) is 1. The van der Waals surface area contributed by atoms with E-state index in [1.165, 1.54) is 11.7 Å². The first-order valence-corrected chi connectivity index (χ1v) is 6.17. The van der Waals surface area contributed by atoms with Gasteiger partial charge in [-0.15, -0.1) is 12.4 Å². The minimum atomic E-state index is -0.439. The molecule has 0 aliphatic rings. The lowest BCUT2D eigenvalue weighted by Crippen LogP contribution is -2.28. The molecule has 0 spiro atoms. The maximum atomic E-state index is 11.8. The molecule has 7 nitrogen and oxygen atoms in total. The van der Waals surface area contributed by atoms with Crippen molar-refractivity contribution >= 4 is 35.1 Å². The van der Waals surface area contributed by atoms with Gasteiger partial charge < -0.3 is 20.2 Å². The number of anilines is 1. The number of oxazole rings is 1. The Kier molecular flexibility index (Phi) is 5.95. The third-order valence-corrected chi connectivity index (χ3v) is 3.09. The van der Waals surface area contributed by atoms with Crippen LogP contribution in [0.2, 0.25) is 0 Å². The van der Waals surface area contributed by atoms with Gasteiger partial charge in [0.25, 0.3) is 0 Å². The SMILES string of the molecule is COC(CN)CC(=O)Nc1ccc2c(c1)oc(=O)n2C.Cl. The van der Waals surface area contributed by atoms with Crippen LogP contribution in [0.15, 0.2) is 27.4 Å². The summed E-state index contributed by atoms with van der Waals surface area (Å²) >= 11 is 0. The number of carbonyl (C=O) groups is 1. The van der Waals surface area contributed by atoms with Gasteiger partial charge in [0.05, 0.1) is 18.0 Å². The number of carbonyl (C=O) groups excluding carboxylic acids is 1. The van der Waals surface area contributed by atoms with E-state index in [1.807, 2.05) is 0 Å². The lowest BCUT2D eigenvalue weighted by atomic mass is 10.2. The summed E-state index contributed by atoms with van der Waals surface area (Å²) in [6.07, 6.45) is -0.141. The monoisotopic (exact) mass is 315 g/mol. The van der Waals surface area contributed by atoms with Crippen LogP contribution < -0.4 is 16.8 Å². The summed E-state index contributed by atoms with van der Waals surface area (Å²) in [6.45, 7) is 0.274. The Morgan fingerprint density at radius 3 is 2.86 bits per heavy atom. The van der Waals surface area contributed by atoms with E-state index < -0.39 is 5.76 Å². The molecule has 116 valence electrons. The van der Waals surface area contributed by atoms with E-state index in [-0.39, 0.29) is 37.4 Å². The van der Waals surface area contributed by atoms with Gasteiger partial charge >= 0.3 is 5.76 Å². The number of nitrogens with one attached hydrogen (secondary N) is 1. The number of methoxy groups -OCH3 is 1. The normalized spacial score (nSPS) is 12.0. The highest BCUT2D eigenvalue weighted by molar-refractivity contribution is 5.93. The molecule has 8 heteroatoms. The molecule has 1 amide bonds. The van der Waals surface area contributed by atoms with E-state index in [2.05, 4.69) is 5.32 Å². The number of fused-ring (bicyclic) bond motifs is 1. The molecular formula is C13H18ClN3O4. The van der Waals surface area contributed by atoms with Gasteiger partial charge in [0.1, 0.15) is 0 Å². The molecule has 0 saturated heterocycles. The van der Waals surface area contributed by atoms with E-state index >= 15 is 0 Å². The largest absolute Gasteiger partial charge is 0.419 e. The molecule has 1 aromatic carbocycles. The minimum absolute atomic E-state index is 0. The molecule has 0 bridgehead atoms. The van der Waals surface area contributed by atoms with Crippen LogP contribution in [0.25, 0.3) is 11.1 Å². The number of hydrogen-bond donors (Lipinski definition) is 2. The predicted octanol–water partition coefficient (Wildman–Crippen LogP) is 0.856. The zero-order valence-corrected chi connectivity index (χ0v) is 12.6. The number of halogens is 1. The van der Waals surface area contributed by atoms with E-state index in [0.29, 0.717) is 16.8 Å². The Balaban J connectivity index is 0.00000220. The molecule has 0 saturated carbocycles. The highest BCUT2D eigenvalue weighted by Crippen LogP contribution is 2.18. The number of hydrogen-bond acceptors (Lipinski definition) is 5. The predicted molar refractivity (Wildman–Crippen MR) is 81.8 cm³/mol. The Morgan fingerprint density at radius 2 is 2.24 bits per heavy atom. The average Bonchev–Trinajstić information content (AvgIpc) is 2.71. The van der Waals surface area contributed by atoms with Crippen LogP contribution in [-0.2, 0) is 16.6 Å². The van der Waals surface area contributed by atoms with Crippen molar-refractivity contribution in [3.63, 3.8) is 0 Å². The summed E-state index contributed by atoms with van der Waals surface area (Å²) in [5.74, 6) is -0.647. The molecule has 0 aliphatic heterocycles. The second-order valence-corrected chi connectivity index (χ2v) is 4.46. The molecule has 3 N–H and O–H groups in total. The van der Waals surface area contributed by atoms with Crippen molar-refractivity contribution in [1.29, 1.82) is 0 Å². The highest BCUT2D eigenvalue weighted by Gasteiger charge is 2.12. The number of amides is 1. The van der Waals surface area contributed by atoms with Crippen molar-refractivity contribution in [1.82, 2.24) is 4.57 Å². The topological polar surface area (TPSA) is 99.5 Å². The fourth-order valence-corrected chi connectivity index (χ4v) is 1.89. The quantitative estimate of drug-likeness (QED) is 0.852. The summed E-state index contributed by atoms with van der Waals surface area (Å²) in [6, 6.07) is 5.03. The van der Waals surface area contributed by atoms with Crippen molar-refractivity contribution in [2.45, 2.75) is 12.5 Å². The summed E-state index contributed by atoms with van der Waals surface area (Å²) in [4.78, 5) is 23.2. The van der Waals surface area contributed by atoms with Crippen LogP contribution in [0.4, 0.5) is 5.69 Å². The molecule has 0 radical (unpaired) electrons. The van der Waals surface area contributed by atoms with E-state index in [9.17, 15) is 9.59 Å². The van der Waals surface area contributed by atoms with Gasteiger partial charge in [0.2, 0.25) is 5.91 Å². The summed E-state index contributed by atoms with van der Waals surface area (Å²) in [5.41, 5.74) is 7.12. The fraction of sp³-hybridized carbons (Fsp3) is 0.385. The Labute approximate surface area is 127 Å². The first-order valence-electron chi connectivity index (χ1n) is 6.17. The standard InChI is InChI=1S/C13H17N3O4.ClH/c1-16-10-4-3-8(5-11(10)20-13(16)18)15-12(17)6-9(7-14)19-2;/h3-5,9H,6-7,14H2,1-2H3,(H,15,17);1H. The molecule has 0 aliphatic carbocycles. The van der Waals surface area contributed by atoms with Crippen molar-refractivity contribution in [3.8, 4) is 0 Å². The zero-order valence-electron chi connectivity index (χ0n) is 11.8. The summed E-state index contributed by atoms with van der Waals surface area (Å²) < 4.78 is 11.5. The molecular weight excluding hydrogens is 298 g/mol. The molecule has 1 heterocycles. The van der Waals surface area contributed by atoms with Gasteiger partial charge in [0, 0.05) is 32.5 Å². The first kappa shape index (κ1) is 17.2. The maximum absolute atomic E-state index is 11.8. The third-order valence-electron chi connectivity index (χ3n) is 3.09. The lowest BCUT2D eigenvalue weighted by Gasteiger charge is -2.12. The number of benzene rings is 1. The number of aromatic nitrogens is 1. The van der Waals surface area contributed by atoms with Crippen LogP contribution in [-0.4, -0.2) is 30.2 Å². The van der Waals surface area contributed by atoms with Crippen LogP contribution in [0.5, 0.6) is 0 Å². The zero-order chi connectivity index (χ0) is 14.7.